The Morgan fingerprint density at radius 1 is 0.950 bits per heavy atom. The molecule has 2 saturated carbocycles. The maximum atomic E-state index is 6.47. The average molecular weight is 483 g/mol. The SMILES string of the molecule is ClC[C@]1(C(Cl)Cl)[C@H]2CC(Cl)(Cl)[C@@]1(C(Cl)Cl)[C@@H](Cl)C2(Cl)Cl. The highest BCUT2D eigenvalue weighted by atomic mass is 35.5. The Kier molecular flexibility index (Phi) is 5.50. The second-order valence-electron chi connectivity index (χ2n) is 5.14. The van der Waals surface area contributed by atoms with E-state index in [-0.39, 0.29) is 12.3 Å². The van der Waals surface area contributed by atoms with Gasteiger partial charge in [-0.05, 0) is 6.42 Å². The van der Waals surface area contributed by atoms with Gasteiger partial charge in [0.15, 0.2) is 0 Å². The van der Waals surface area contributed by atoms with Crippen LogP contribution in [0.1, 0.15) is 6.42 Å². The minimum absolute atomic E-state index is 0.0309. The van der Waals surface area contributed by atoms with Crippen LogP contribution in [0.5, 0.6) is 0 Å². The second-order valence-corrected chi connectivity index (χ2v) is 11.0. The molecule has 0 saturated heterocycles. The molecule has 0 N–H and O–H groups in total. The number of rotatable bonds is 3. The van der Waals surface area contributed by atoms with Crippen molar-refractivity contribution in [2.24, 2.45) is 16.7 Å². The Morgan fingerprint density at radius 2 is 1.45 bits per heavy atom. The lowest BCUT2D eigenvalue weighted by molar-refractivity contribution is 0.137. The zero-order valence-corrected chi connectivity index (χ0v) is 17.1. The van der Waals surface area contributed by atoms with Gasteiger partial charge >= 0.3 is 0 Å². The molecule has 4 atom stereocenters. The van der Waals surface area contributed by atoms with E-state index >= 15 is 0 Å². The maximum absolute atomic E-state index is 6.47. The van der Waals surface area contributed by atoms with Crippen molar-refractivity contribution < 1.29 is 0 Å². The van der Waals surface area contributed by atoms with Crippen LogP contribution in [0.4, 0.5) is 0 Å². The first-order chi connectivity index (χ1) is 8.94. The van der Waals surface area contributed by atoms with Crippen molar-refractivity contribution in [3.8, 4) is 0 Å². The van der Waals surface area contributed by atoms with Crippen molar-refractivity contribution in [3.63, 3.8) is 0 Å². The molecule has 2 aliphatic rings. The molecule has 0 aliphatic heterocycles. The van der Waals surface area contributed by atoms with Crippen LogP contribution in [0, 0.1) is 16.7 Å². The summed E-state index contributed by atoms with van der Waals surface area (Å²) in [5.74, 6) is -0.579. The third kappa shape index (κ3) is 1.97. The highest BCUT2D eigenvalue weighted by Gasteiger charge is 2.87. The van der Waals surface area contributed by atoms with Gasteiger partial charge in [-0.3, -0.25) is 0 Å². The lowest BCUT2D eigenvalue weighted by atomic mass is 9.69. The van der Waals surface area contributed by atoms with E-state index in [0.717, 1.165) is 0 Å². The Balaban J connectivity index is 2.81. The minimum atomic E-state index is -1.40. The van der Waals surface area contributed by atoms with Gasteiger partial charge in [0.25, 0.3) is 0 Å². The molecule has 118 valence electrons. The van der Waals surface area contributed by atoms with Crippen molar-refractivity contribution >= 4 is 116 Å². The summed E-state index contributed by atoms with van der Waals surface area (Å²) < 4.78 is -2.80. The van der Waals surface area contributed by atoms with E-state index in [9.17, 15) is 0 Å². The topological polar surface area (TPSA) is 0 Å². The number of halogens is 10. The normalized spacial score (nSPS) is 45.6. The van der Waals surface area contributed by atoms with Crippen LogP contribution in [0.25, 0.3) is 0 Å². The Morgan fingerprint density at radius 3 is 1.75 bits per heavy atom. The van der Waals surface area contributed by atoms with Gasteiger partial charge in [0, 0.05) is 17.2 Å². The van der Waals surface area contributed by atoms with E-state index < -0.39 is 40.5 Å². The van der Waals surface area contributed by atoms with Gasteiger partial charge in [0.2, 0.25) is 0 Å². The highest BCUT2D eigenvalue weighted by Crippen LogP contribution is 2.83. The van der Waals surface area contributed by atoms with Gasteiger partial charge in [-0.15, -0.1) is 92.8 Å². The predicted octanol–water partition coefficient (Wildman–Crippen LogP) is 6.79. The summed E-state index contributed by atoms with van der Waals surface area (Å²) in [7, 11) is 0. The third-order valence-corrected chi connectivity index (χ3v) is 9.33. The predicted molar refractivity (Wildman–Crippen MR) is 93.2 cm³/mol. The van der Waals surface area contributed by atoms with Gasteiger partial charge in [0.1, 0.15) is 18.3 Å². The molecule has 0 aromatic rings. The molecule has 0 amide bonds. The molecule has 0 aromatic carbocycles. The largest absolute Gasteiger partial charge is 0.138 e. The number of hydrogen-bond acceptors (Lipinski definition) is 0. The van der Waals surface area contributed by atoms with Gasteiger partial charge in [0.05, 0.1) is 10.8 Å². The van der Waals surface area contributed by atoms with Crippen LogP contribution in [-0.2, 0) is 0 Å². The van der Waals surface area contributed by atoms with E-state index in [1.807, 2.05) is 0 Å². The highest BCUT2D eigenvalue weighted by molar-refractivity contribution is 6.58. The van der Waals surface area contributed by atoms with Crippen molar-refractivity contribution in [3.05, 3.63) is 0 Å². The van der Waals surface area contributed by atoms with Crippen LogP contribution in [0.15, 0.2) is 0 Å². The van der Waals surface area contributed by atoms with E-state index in [1.54, 1.807) is 0 Å². The molecule has 0 nitrogen and oxygen atoms in total. The molecular formula is C10H8Cl10. The molecule has 2 fully saturated rings. The fraction of sp³-hybridized carbons (Fsp3) is 1.00. The maximum Gasteiger partial charge on any atom is 0.138 e. The minimum Gasteiger partial charge on any atom is -0.126 e. The fourth-order valence-corrected chi connectivity index (χ4v) is 9.37. The van der Waals surface area contributed by atoms with Gasteiger partial charge < -0.3 is 0 Å². The van der Waals surface area contributed by atoms with Crippen LogP contribution >= 0.6 is 116 Å². The molecule has 2 aliphatic carbocycles. The van der Waals surface area contributed by atoms with E-state index in [4.69, 9.17) is 116 Å². The molecule has 0 unspecified atom stereocenters. The monoisotopic (exact) mass is 478 g/mol. The Labute approximate surface area is 167 Å². The van der Waals surface area contributed by atoms with Crippen molar-refractivity contribution in [1.82, 2.24) is 0 Å². The summed E-state index contributed by atoms with van der Waals surface area (Å²) >= 11 is 63.2. The van der Waals surface area contributed by atoms with Gasteiger partial charge in [-0.25, -0.2) is 0 Å². The smallest absolute Gasteiger partial charge is 0.126 e. The molecule has 0 spiro atoms. The zero-order valence-electron chi connectivity index (χ0n) is 9.50. The molecule has 0 aromatic heterocycles. The number of hydrogen-bond donors (Lipinski definition) is 0. The first kappa shape index (κ1) is 19.2. The summed E-state index contributed by atoms with van der Waals surface area (Å²) in [6, 6.07) is 0. The molecule has 20 heavy (non-hydrogen) atoms. The Hall–Kier alpha value is 2.90. The van der Waals surface area contributed by atoms with Crippen molar-refractivity contribution in [1.29, 1.82) is 0 Å². The third-order valence-electron chi connectivity index (χ3n) is 4.61. The molecular weight excluding hydrogens is 475 g/mol. The van der Waals surface area contributed by atoms with Crippen LogP contribution in [0.3, 0.4) is 0 Å². The number of fused-ring (bicyclic) bond motifs is 2. The summed E-state index contributed by atoms with van der Waals surface area (Å²) in [5, 5.41) is -0.967. The van der Waals surface area contributed by atoms with Gasteiger partial charge in [-0.1, -0.05) is 23.2 Å². The molecule has 0 heterocycles. The van der Waals surface area contributed by atoms with Gasteiger partial charge in [-0.2, -0.15) is 0 Å². The van der Waals surface area contributed by atoms with E-state index in [2.05, 4.69) is 0 Å². The first-order valence-corrected chi connectivity index (χ1v) is 9.69. The quantitative estimate of drug-likeness (QED) is 0.388. The number of alkyl halides is 10. The van der Waals surface area contributed by atoms with Crippen molar-refractivity contribution in [2.75, 3.05) is 5.88 Å². The lowest BCUT2D eigenvalue weighted by Gasteiger charge is -2.50. The van der Waals surface area contributed by atoms with Crippen LogP contribution < -0.4 is 0 Å². The van der Waals surface area contributed by atoms with E-state index in [0.29, 0.717) is 0 Å². The fourth-order valence-electron chi connectivity index (χ4n) is 3.69. The average Bonchev–Trinajstić information content (AvgIpc) is 2.61. The lowest BCUT2D eigenvalue weighted by Crippen LogP contribution is -2.59. The summed E-state index contributed by atoms with van der Waals surface area (Å²) in [5.41, 5.74) is -2.46. The van der Waals surface area contributed by atoms with Crippen LogP contribution in [-0.4, -0.2) is 29.6 Å². The standard InChI is InChI=1S/C10H8Cl10/c11-2-7(5(13)14)3-1-8(17,18)9(7,6(15)16)4(12)10(3,19)20/h3-6H,1-2H2/t3-,4-,7-,9-/m1/s1. The van der Waals surface area contributed by atoms with Crippen LogP contribution in [0.2, 0.25) is 0 Å². The van der Waals surface area contributed by atoms with E-state index in [1.165, 1.54) is 0 Å². The second kappa shape index (κ2) is 5.72. The molecule has 2 rings (SSSR count). The van der Waals surface area contributed by atoms with Crippen molar-refractivity contribution in [2.45, 2.75) is 30.1 Å². The molecule has 10 heteroatoms. The summed E-state index contributed by atoms with van der Waals surface area (Å²) in [6.07, 6.45) is 0.185. The Bertz CT molecular complexity index is 407. The molecule has 0 radical (unpaired) electrons. The summed E-state index contributed by atoms with van der Waals surface area (Å²) in [4.78, 5) is -2.10. The zero-order chi connectivity index (χ0) is 15.7. The molecule has 2 bridgehead atoms. The summed E-state index contributed by atoms with van der Waals surface area (Å²) in [6.45, 7) is 0. The first-order valence-electron chi connectivity index (χ1n) is 5.46.